The Labute approximate surface area is 152 Å². The molecular formula is C21H30ClNO. The number of rotatable bonds is 7. The summed E-state index contributed by atoms with van der Waals surface area (Å²) in [5.41, 5.74) is 1.98. The molecule has 0 aliphatic rings. The van der Waals surface area contributed by atoms with Gasteiger partial charge in [-0.2, -0.15) is 0 Å². The van der Waals surface area contributed by atoms with E-state index in [0.717, 1.165) is 13.0 Å². The van der Waals surface area contributed by atoms with Crippen LogP contribution >= 0.6 is 12.4 Å². The minimum Gasteiger partial charge on any atom is -0.392 e. The largest absolute Gasteiger partial charge is 0.392 e. The zero-order chi connectivity index (χ0) is 16.9. The van der Waals surface area contributed by atoms with Gasteiger partial charge in [-0.05, 0) is 37.6 Å². The lowest BCUT2D eigenvalue weighted by atomic mass is 9.62. The number of hydrogen-bond donors (Lipinski definition) is 1. The summed E-state index contributed by atoms with van der Waals surface area (Å²) in [6.45, 7) is 5.23. The summed E-state index contributed by atoms with van der Waals surface area (Å²) in [5, 5.41) is 11.1. The molecule has 2 aromatic carbocycles. The van der Waals surface area contributed by atoms with Crippen LogP contribution in [-0.2, 0) is 5.41 Å². The summed E-state index contributed by atoms with van der Waals surface area (Å²) in [6.07, 6.45) is 0.295. The van der Waals surface area contributed by atoms with Crippen molar-refractivity contribution in [1.82, 2.24) is 4.90 Å². The normalized spacial score (nSPS) is 14.1. The monoisotopic (exact) mass is 347 g/mol. The predicted molar refractivity (Wildman–Crippen MR) is 105 cm³/mol. The van der Waals surface area contributed by atoms with E-state index in [0.29, 0.717) is 0 Å². The molecule has 0 saturated carbocycles. The quantitative estimate of drug-likeness (QED) is 0.804. The topological polar surface area (TPSA) is 23.5 Å². The SMILES string of the molecule is CC[C@@H](O)C(c1ccccc1)(c1ccccc1)[C@H](C)CN(C)C.Cl. The number of aliphatic hydroxyl groups is 1. The first-order chi connectivity index (χ1) is 11.0. The van der Waals surface area contributed by atoms with Gasteiger partial charge in [0.2, 0.25) is 0 Å². The maximum atomic E-state index is 11.1. The van der Waals surface area contributed by atoms with Crippen LogP contribution in [-0.4, -0.2) is 36.8 Å². The maximum Gasteiger partial charge on any atom is 0.0677 e. The highest BCUT2D eigenvalue weighted by Crippen LogP contribution is 2.43. The Balaban J connectivity index is 0.00000288. The van der Waals surface area contributed by atoms with E-state index in [1.54, 1.807) is 0 Å². The fourth-order valence-electron chi connectivity index (χ4n) is 3.89. The number of aliphatic hydroxyl groups excluding tert-OH is 1. The molecule has 24 heavy (non-hydrogen) atoms. The van der Waals surface area contributed by atoms with E-state index >= 15 is 0 Å². The van der Waals surface area contributed by atoms with Gasteiger partial charge in [0.1, 0.15) is 0 Å². The van der Waals surface area contributed by atoms with Crippen molar-refractivity contribution in [2.24, 2.45) is 5.92 Å². The molecule has 0 saturated heterocycles. The fraction of sp³-hybridized carbons (Fsp3) is 0.429. The lowest BCUT2D eigenvalue weighted by molar-refractivity contribution is 0.0580. The van der Waals surface area contributed by atoms with Crippen molar-refractivity contribution in [2.75, 3.05) is 20.6 Å². The molecule has 0 heterocycles. The number of nitrogens with zero attached hydrogens (tertiary/aromatic N) is 1. The van der Waals surface area contributed by atoms with Crippen LogP contribution in [0, 0.1) is 5.92 Å². The summed E-state index contributed by atoms with van der Waals surface area (Å²) in [6, 6.07) is 20.9. The molecule has 132 valence electrons. The van der Waals surface area contributed by atoms with Gasteiger partial charge in [0, 0.05) is 12.0 Å². The van der Waals surface area contributed by atoms with Crippen LogP contribution in [0.1, 0.15) is 31.4 Å². The molecule has 2 atom stereocenters. The average molecular weight is 348 g/mol. The van der Waals surface area contributed by atoms with Crippen molar-refractivity contribution >= 4 is 12.4 Å². The van der Waals surface area contributed by atoms with Gasteiger partial charge in [0.15, 0.2) is 0 Å². The van der Waals surface area contributed by atoms with E-state index in [4.69, 9.17) is 0 Å². The van der Waals surface area contributed by atoms with Gasteiger partial charge in [0.05, 0.1) is 6.10 Å². The zero-order valence-electron chi connectivity index (χ0n) is 15.1. The molecule has 2 nitrogen and oxygen atoms in total. The molecule has 0 fully saturated rings. The third-order valence-corrected chi connectivity index (χ3v) is 4.83. The van der Waals surface area contributed by atoms with Gasteiger partial charge in [-0.15, -0.1) is 12.4 Å². The number of halogens is 1. The van der Waals surface area contributed by atoms with Gasteiger partial charge in [-0.3, -0.25) is 0 Å². The van der Waals surface area contributed by atoms with E-state index in [9.17, 15) is 5.11 Å². The fourth-order valence-corrected chi connectivity index (χ4v) is 3.89. The van der Waals surface area contributed by atoms with Crippen molar-refractivity contribution in [3.63, 3.8) is 0 Å². The molecule has 0 bridgehead atoms. The Morgan fingerprint density at radius 1 is 0.917 bits per heavy atom. The van der Waals surface area contributed by atoms with E-state index in [1.165, 1.54) is 11.1 Å². The summed E-state index contributed by atoms with van der Waals surface area (Å²) >= 11 is 0. The molecule has 0 aliphatic carbocycles. The smallest absolute Gasteiger partial charge is 0.0677 e. The van der Waals surface area contributed by atoms with E-state index < -0.39 is 11.5 Å². The third kappa shape index (κ3) is 4.00. The Morgan fingerprint density at radius 2 is 1.33 bits per heavy atom. The summed E-state index contributed by atoms with van der Waals surface area (Å²) in [5.74, 6) is 0.275. The molecule has 0 amide bonds. The van der Waals surface area contributed by atoms with Crippen LogP contribution in [0.3, 0.4) is 0 Å². The predicted octanol–water partition coefficient (Wildman–Crippen LogP) is 4.36. The molecule has 0 unspecified atom stereocenters. The second-order valence-electron chi connectivity index (χ2n) is 6.69. The van der Waals surface area contributed by atoms with Gasteiger partial charge < -0.3 is 10.0 Å². The molecule has 1 N–H and O–H groups in total. The maximum absolute atomic E-state index is 11.1. The highest BCUT2D eigenvalue weighted by molar-refractivity contribution is 5.85. The third-order valence-electron chi connectivity index (χ3n) is 4.83. The van der Waals surface area contributed by atoms with Crippen LogP contribution in [0.15, 0.2) is 60.7 Å². The minimum atomic E-state index is -0.428. The molecule has 0 aliphatic heterocycles. The van der Waals surface area contributed by atoms with Gasteiger partial charge in [0.25, 0.3) is 0 Å². The first kappa shape index (κ1) is 20.7. The van der Waals surface area contributed by atoms with Crippen molar-refractivity contribution in [2.45, 2.75) is 31.8 Å². The highest BCUT2D eigenvalue weighted by atomic mass is 35.5. The first-order valence-corrected chi connectivity index (χ1v) is 8.47. The average Bonchev–Trinajstić information content (AvgIpc) is 2.56. The second kappa shape index (κ2) is 9.22. The second-order valence-corrected chi connectivity index (χ2v) is 6.69. The summed E-state index contributed by atoms with van der Waals surface area (Å²) in [7, 11) is 4.19. The van der Waals surface area contributed by atoms with E-state index in [-0.39, 0.29) is 18.3 Å². The highest BCUT2D eigenvalue weighted by Gasteiger charge is 2.45. The van der Waals surface area contributed by atoms with Crippen LogP contribution in [0.5, 0.6) is 0 Å². The molecule has 0 radical (unpaired) electrons. The molecule has 2 aromatic rings. The lowest BCUT2D eigenvalue weighted by Gasteiger charge is -2.45. The Kier molecular flexibility index (Phi) is 7.95. The lowest BCUT2D eigenvalue weighted by Crippen LogP contribution is -2.49. The van der Waals surface area contributed by atoms with Crippen LogP contribution in [0.2, 0.25) is 0 Å². The Bertz CT molecular complexity index is 546. The minimum absolute atomic E-state index is 0. The zero-order valence-corrected chi connectivity index (χ0v) is 16.0. The number of benzene rings is 2. The molecular weight excluding hydrogens is 318 g/mol. The van der Waals surface area contributed by atoms with Gasteiger partial charge in [-0.1, -0.05) is 74.5 Å². The molecule has 3 heteroatoms. The molecule has 0 spiro atoms. The van der Waals surface area contributed by atoms with Crippen LogP contribution in [0.25, 0.3) is 0 Å². The van der Waals surface area contributed by atoms with Crippen LogP contribution in [0.4, 0.5) is 0 Å². The van der Waals surface area contributed by atoms with Crippen molar-refractivity contribution in [1.29, 1.82) is 0 Å². The molecule has 2 rings (SSSR count). The molecule has 0 aromatic heterocycles. The van der Waals surface area contributed by atoms with Crippen molar-refractivity contribution < 1.29 is 5.11 Å². The summed E-state index contributed by atoms with van der Waals surface area (Å²) in [4.78, 5) is 2.20. The summed E-state index contributed by atoms with van der Waals surface area (Å²) < 4.78 is 0. The standard InChI is InChI=1S/C21H29NO.ClH/c1-5-20(23)21(17(2)16-22(3)4,18-12-8-6-9-13-18)19-14-10-7-11-15-19;/h6-15,17,20,23H,5,16H2,1-4H3;1H/t17-,20-;/m1./s1. The van der Waals surface area contributed by atoms with Crippen LogP contribution < -0.4 is 0 Å². The van der Waals surface area contributed by atoms with Crippen molar-refractivity contribution in [3.05, 3.63) is 71.8 Å². The van der Waals surface area contributed by atoms with Gasteiger partial charge >= 0.3 is 0 Å². The van der Waals surface area contributed by atoms with E-state index in [2.05, 4.69) is 81.4 Å². The van der Waals surface area contributed by atoms with Crippen molar-refractivity contribution in [3.8, 4) is 0 Å². The Morgan fingerprint density at radius 3 is 1.67 bits per heavy atom. The Hall–Kier alpha value is -1.35. The first-order valence-electron chi connectivity index (χ1n) is 8.47. The van der Waals surface area contributed by atoms with Gasteiger partial charge in [-0.25, -0.2) is 0 Å². The van der Waals surface area contributed by atoms with E-state index in [1.807, 2.05) is 12.1 Å². The number of hydrogen-bond acceptors (Lipinski definition) is 2.